The number of likely N-dealkylation sites (tertiary alicyclic amines) is 1. The van der Waals surface area contributed by atoms with Gasteiger partial charge in [-0.05, 0) is 59.7 Å². The van der Waals surface area contributed by atoms with Crippen molar-refractivity contribution in [3.63, 3.8) is 0 Å². The Balaban J connectivity index is 1.88. The SMILES string of the molecule is CNCCCc1coc(CC2CCCCN2C(C)C)n1. The van der Waals surface area contributed by atoms with Crippen LogP contribution in [0.3, 0.4) is 0 Å². The van der Waals surface area contributed by atoms with Gasteiger partial charge in [-0.3, -0.25) is 4.90 Å². The van der Waals surface area contributed by atoms with Crippen LogP contribution < -0.4 is 5.32 Å². The van der Waals surface area contributed by atoms with Crippen LogP contribution in [0, 0.1) is 0 Å². The number of oxazole rings is 1. The summed E-state index contributed by atoms with van der Waals surface area (Å²) in [7, 11) is 1.98. The average molecular weight is 279 g/mol. The van der Waals surface area contributed by atoms with E-state index >= 15 is 0 Å². The number of nitrogens with one attached hydrogen (secondary N) is 1. The van der Waals surface area contributed by atoms with E-state index < -0.39 is 0 Å². The molecule has 1 unspecified atom stereocenters. The molecule has 4 heteroatoms. The molecule has 4 nitrogen and oxygen atoms in total. The van der Waals surface area contributed by atoms with E-state index in [1.54, 1.807) is 0 Å². The molecule has 1 atom stereocenters. The molecule has 1 N–H and O–H groups in total. The van der Waals surface area contributed by atoms with E-state index in [-0.39, 0.29) is 0 Å². The Kier molecular flexibility index (Phi) is 6.05. The molecule has 0 aromatic carbocycles. The summed E-state index contributed by atoms with van der Waals surface area (Å²) in [5, 5.41) is 3.16. The topological polar surface area (TPSA) is 41.3 Å². The molecule has 0 spiro atoms. The number of aryl methyl sites for hydroxylation is 1. The molecule has 0 bridgehead atoms. The van der Waals surface area contributed by atoms with E-state index in [0.717, 1.165) is 37.4 Å². The molecular weight excluding hydrogens is 250 g/mol. The van der Waals surface area contributed by atoms with Crippen LogP contribution in [0.15, 0.2) is 10.7 Å². The molecule has 0 radical (unpaired) electrons. The van der Waals surface area contributed by atoms with Crippen molar-refractivity contribution in [3.8, 4) is 0 Å². The fourth-order valence-electron chi connectivity index (χ4n) is 3.13. The maximum Gasteiger partial charge on any atom is 0.195 e. The molecule has 1 aliphatic heterocycles. The van der Waals surface area contributed by atoms with Gasteiger partial charge >= 0.3 is 0 Å². The molecule has 20 heavy (non-hydrogen) atoms. The maximum absolute atomic E-state index is 5.67. The monoisotopic (exact) mass is 279 g/mol. The number of hydrogen-bond acceptors (Lipinski definition) is 4. The third-order valence-corrected chi connectivity index (χ3v) is 4.21. The third-order valence-electron chi connectivity index (χ3n) is 4.21. The van der Waals surface area contributed by atoms with Gasteiger partial charge in [0, 0.05) is 18.5 Å². The van der Waals surface area contributed by atoms with Crippen molar-refractivity contribution in [2.45, 2.75) is 64.5 Å². The predicted octanol–water partition coefficient (Wildman–Crippen LogP) is 2.63. The van der Waals surface area contributed by atoms with Crippen LogP contribution >= 0.6 is 0 Å². The summed E-state index contributed by atoms with van der Waals surface area (Å²) in [6, 6.07) is 1.22. The van der Waals surface area contributed by atoms with Crippen molar-refractivity contribution >= 4 is 0 Å². The lowest BCUT2D eigenvalue weighted by atomic mass is 9.98. The van der Waals surface area contributed by atoms with E-state index in [4.69, 9.17) is 4.42 Å². The number of rotatable bonds is 7. The van der Waals surface area contributed by atoms with Crippen LogP contribution in [-0.2, 0) is 12.8 Å². The molecule has 1 aromatic heterocycles. The third kappa shape index (κ3) is 4.32. The zero-order valence-corrected chi connectivity index (χ0v) is 13.2. The molecule has 1 aliphatic rings. The molecule has 0 aliphatic carbocycles. The summed E-state index contributed by atoms with van der Waals surface area (Å²) < 4.78 is 5.67. The van der Waals surface area contributed by atoms with Gasteiger partial charge in [-0.1, -0.05) is 6.42 Å². The van der Waals surface area contributed by atoms with Crippen LogP contribution in [-0.4, -0.2) is 42.1 Å². The van der Waals surface area contributed by atoms with Crippen molar-refractivity contribution in [1.82, 2.24) is 15.2 Å². The fourth-order valence-corrected chi connectivity index (χ4v) is 3.13. The lowest BCUT2D eigenvalue weighted by Crippen LogP contribution is -2.45. The molecule has 1 fully saturated rings. The molecular formula is C16H29N3O. The van der Waals surface area contributed by atoms with Gasteiger partial charge in [-0.15, -0.1) is 0 Å². The Morgan fingerprint density at radius 2 is 2.30 bits per heavy atom. The first-order valence-electron chi connectivity index (χ1n) is 8.04. The molecule has 1 saturated heterocycles. The highest BCUT2D eigenvalue weighted by Crippen LogP contribution is 2.22. The van der Waals surface area contributed by atoms with Gasteiger partial charge in [-0.2, -0.15) is 0 Å². The highest BCUT2D eigenvalue weighted by atomic mass is 16.3. The van der Waals surface area contributed by atoms with Crippen molar-refractivity contribution in [2.75, 3.05) is 20.1 Å². The minimum Gasteiger partial charge on any atom is -0.449 e. The van der Waals surface area contributed by atoms with Gasteiger partial charge in [-0.25, -0.2) is 4.98 Å². The number of aromatic nitrogens is 1. The second kappa shape index (κ2) is 7.79. The zero-order valence-electron chi connectivity index (χ0n) is 13.2. The summed E-state index contributed by atoms with van der Waals surface area (Å²) in [5.41, 5.74) is 1.10. The highest BCUT2D eigenvalue weighted by Gasteiger charge is 2.26. The number of hydrogen-bond donors (Lipinski definition) is 1. The highest BCUT2D eigenvalue weighted by molar-refractivity contribution is 4.99. The number of piperidine rings is 1. The molecule has 0 amide bonds. The normalized spacial score (nSPS) is 20.7. The Hall–Kier alpha value is -0.870. The average Bonchev–Trinajstić information content (AvgIpc) is 2.87. The van der Waals surface area contributed by atoms with E-state index in [1.165, 1.54) is 25.8 Å². The van der Waals surface area contributed by atoms with Gasteiger partial charge in [0.1, 0.15) is 6.26 Å². The van der Waals surface area contributed by atoms with Crippen molar-refractivity contribution < 1.29 is 4.42 Å². The first-order chi connectivity index (χ1) is 9.70. The van der Waals surface area contributed by atoms with E-state index in [0.29, 0.717) is 12.1 Å². The van der Waals surface area contributed by atoms with E-state index in [1.807, 2.05) is 13.3 Å². The molecule has 2 heterocycles. The van der Waals surface area contributed by atoms with Gasteiger partial charge in [0.2, 0.25) is 0 Å². The Labute approximate surface area is 122 Å². The summed E-state index contributed by atoms with van der Waals surface area (Å²) in [6.45, 7) is 6.83. The zero-order chi connectivity index (χ0) is 14.4. The van der Waals surface area contributed by atoms with Gasteiger partial charge < -0.3 is 9.73 Å². The van der Waals surface area contributed by atoms with Gasteiger partial charge in [0.25, 0.3) is 0 Å². The summed E-state index contributed by atoms with van der Waals surface area (Å²) >= 11 is 0. The Bertz CT molecular complexity index is 389. The van der Waals surface area contributed by atoms with E-state index in [2.05, 4.69) is 29.0 Å². The predicted molar refractivity (Wildman–Crippen MR) is 81.9 cm³/mol. The molecule has 114 valence electrons. The fraction of sp³-hybridized carbons (Fsp3) is 0.812. The first-order valence-corrected chi connectivity index (χ1v) is 8.04. The second-order valence-corrected chi connectivity index (χ2v) is 6.12. The Morgan fingerprint density at radius 1 is 1.45 bits per heavy atom. The Morgan fingerprint density at radius 3 is 3.05 bits per heavy atom. The van der Waals surface area contributed by atoms with Crippen LogP contribution in [0.4, 0.5) is 0 Å². The largest absolute Gasteiger partial charge is 0.449 e. The smallest absolute Gasteiger partial charge is 0.195 e. The van der Waals surface area contributed by atoms with Crippen molar-refractivity contribution in [2.24, 2.45) is 0 Å². The van der Waals surface area contributed by atoms with Crippen molar-refractivity contribution in [3.05, 3.63) is 17.8 Å². The summed E-state index contributed by atoms with van der Waals surface area (Å²) in [6.07, 6.45) is 8.86. The van der Waals surface area contributed by atoms with Crippen LogP contribution in [0.5, 0.6) is 0 Å². The first kappa shape index (κ1) is 15.5. The minimum atomic E-state index is 0.604. The van der Waals surface area contributed by atoms with Crippen molar-refractivity contribution in [1.29, 1.82) is 0 Å². The minimum absolute atomic E-state index is 0.604. The summed E-state index contributed by atoms with van der Waals surface area (Å²) in [4.78, 5) is 7.25. The second-order valence-electron chi connectivity index (χ2n) is 6.12. The van der Waals surface area contributed by atoms with Crippen LogP contribution in [0.25, 0.3) is 0 Å². The number of nitrogens with zero attached hydrogens (tertiary/aromatic N) is 2. The molecule has 1 aromatic rings. The van der Waals surface area contributed by atoms with E-state index in [9.17, 15) is 0 Å². The quantitative estimate of drug-likeness (QED) is 0.779. The summed E-state index contributed by atoms with van der Waals surface area (Å²) in [5.74, 6) is 0.919. The molecule has 2 rings (SSSR count). The lowest BCUT2D eigenvalue weighted by molar-refractivity contribution is 0.107. The maximum atomic E-state index is 5.67. The van der Waals surface area contributed by atoms with Crippen LogP contribution in [0.1, 0.15) is 51.1 Å². The van der Waals surface area contributed by atoms with Gasteiger partial charge in [0.05, 0.1) is 5.69 Å². The van der Waals surface area contributed by atoms with Crippen LogP contribution in [0.2, 0.25) is 0 Å². The standard InChI is InChI=1S/C16H29N3O/c1-13(2)19-10-5-4-8-15(19)11-16-18-14(12-20-16)7-6-9-17-3/h12-13,15,17H,4-11H2,1-3H3. The lowest BCUT2D eigenvalue weighted by Gasteiger charge is -2.38. The van der Waals surface area contributed by atoms with Gasteiger partial charge in [0.15, 0.2) is 5.89 Å². The molecule has 0 saturated carbocycles.